The third-order valence-electron chi connectivity index (χ3n) is 2.13. The Morgan fingerprint density at radius 3 is 2.41 bits per heavy atom. The van der Waals surface area contributed by atoms with Crippen LogP contribution < -0.4 is 4.74 Å². The number of hydrogen-bond acceptors (Lipinski definition) is 2. The van der Waals surface area contributed by atoms with Crippen molar-refractivity contribution in [2.75, 3.05) is 0 Å². The Morgan fingerprint density at radius 2 is 1.76 bits per heavy atom. The first-order chi connectivity index (χ1) is 8.15. The largest absolute Gasteiger partial charge is 0.478 e. The summed E-state index contributed by atoms with van der Waals surface area (Å²) in [6.45, 7) is 0. The minimum absolute atomic E-state index is 0.216. The number of carbonyl (C=O) groups is 1. The van der Waals surface area contributed by atoms with Gasteiger partial charge in [0.15, 0.2) is 0 Å². The van der Waals surface area contributed by atoms with Gasteiger partial charge in [0.2, 0.25) is 0 Å². The molecule has 0 bridgehead atoms. The summed E-state index contributed by atoms with van der Waals surface area (Å²) in [5, 5.41) is 8.86. The maximum absolute atomic E-state index is 10.8. The van der Waals surface area contributed by atoms with Gasteiger partial charge in [-0.25, -0.2) is 4.79 Å². The highest BCUT2D eigenvalue weighted by Gasteiger charge is 2.04. The molecule has 0 saturated heterocycles. The number of carboxylic acid groups (broad SMARTS) is 1. The minimum atomic E-state index is -0.960. The van der Waals surface area contributed by atoms with Gasteiger partial charge in [0.1, 0.15) is 11.5 Å². The SMILES string of the molecule is O=C(O)c1cccc(Oc2ccc(I)cc2)c1. The molecule has 4 heteroatoms. The molecule has 2 rings (SSSR count). The molecule has 1 N–H and O–H groups in total. The van der Waals surface area contributed by atoms with E-state index in [0.717, 1.165) is 3.57 Å². The molecule has 2 aromatic carbocycles. The fourth-order valence-corrected chi connectivity index (χ4v) is 1.69. The first kappa shape index (κ1) is 11.9. The molecule has 0 atom stereocenters. The number of hydrogen-bond donors (Lipinski definition) is 1. The molecule has 0 aliphatic heterocycles. The van der Waals surface area contributed by atoms with Crippen molar-refractivity contribution in [2.24, 2.45) is 0 Å². The Labute approximate surface area is 112 Å². The standard InChI is InChI=1S/C13H9IO3/c14-10-4-6-11(7-5-10)17-12-3-1-2-9(8-12)13(15)16/h1-8H,(H,15,16). The minimum Gasteiger partial charge on any atom is -0.478 e. The Bertz CT molecular complexity index is 535. The van der Waals surface area contributed by atoms with Crippen molar-refractivity contribution in [1.82, 2.24) is 0 Å². The lowest BCUT2D eigenvalue weighted by molar-refractivity contribution is 0.0696. The van der Waals surface area contributed by atoms with E-state index < -0.39 is 5.97 Å². The molecule has 0 unspecified atom stereocenters. The van der Waals surface area contributed by atoms with E-state index >= 15 is 0 Å². The average molecular weight is 340 g/mol. The van der Waals surface area contributed by atoms with E-state index in [1.54, 1.807) is 12.1 Å². The van der Waals surface area contributed by atoms with Crippen LogP contribution in [0.2, 0.25) is 0 Å². The topological polar surface area (TPSA) is 46.5 Å². The highest BCUT2D eigenvalue weighted by atomic mass is 127. The molecular formula is C13H9IO3. The zero-order valence-electron chi connectivity index (χ0n) is 8.76. The molecule has 0 spiro atoms. The van der Waals surface area contributed by atoms with Crippen molar-refractivity contribution in [3.8, 4) is 11.5 Å². The van der Waals surface area contributed by atoms with Crippen LogP contribution in [0.3, 0.4) is 0 Å². The summed E-state index contributed by atoms with van der Waals surface area (Å²) in [6.07, 6.45) is 0. The van der Waals surface area contributed by atoms with Crippen molar-refractivity contribution in [3.63, 3.8) is 0 Å². The number of carboxylic acids is 1. The number of rotatable bonds is 3. The van der Waals surface area contributed by atoms with Gasteiger partial charge in [0.05, 0.1) is 5.56 Å². The first-order valence-corrected chi connectivity index (χ1v) is 6.00. The van der Waals surface area contributed by atoms with Crippen LogP contribution in [-0.4, -0.2) is 11.1 Å². The molecule has 0 aliphatic rings. The average Bonchev–Trinajstić information content (AvgIpc) is 2.32. The van der Waals surface area contributed by atoms with Gasteiger partial charge in [0, 0.05) is 3.57 Å². The second-order valence-electron chi connectivity index (χ2n) is 3.39. The van der Waals surface area contributed by atoms with Crippen LogP contribution in [0, 0.1) is 3.57 Å². The van der Waals surface area contributed by atoms with Gasteiger partial charge in [-0.05, 0) is 65.1 Å². The second-order valence-corrected chi connectivity index (χ2v) is 4.63. The van der Waals surface area contributed by atoms with Crippen LogP contribution in [-0.2, 0) is 0 Å². The van der Waals surface area contributed by atoms with Gasteiger partial charge in [-0.2, -0.15) is 0 Å². The molecule has 0 fully saturated rings. The van der Waals surface area contributed by atoms with Gasteiger partial charge >= 0.3 is 5.97 Å². The van der Waals surface area contributed by atoms with E-state index in [4.69, 9.17) is 9.84 Å². The van der Waals surface area contributed by atoms with Crippen LogP contribution in [0.25, 0.3) is 0 Å². The predicted molar refractivity (Wildman–Crippen MR) is 72.6 cm³/mol. The molecule has 0 aliphatic carbocycles. The van der Waals surface area contributed by atoms with Crippen LogP contribution in [0.5, 0.6) is 11.5 Å². The highest BCUT2D eigenvalue weighted by molar-refractivity contribution is 14.1. The summed E-state index contributed by atoms with van der Waals surface area (Å²) in [6, 6.07) is 14.0. The van der Waals surface area contributed by atoms with Crippen LogP contribution in [0.4, 0.5) is 0 Å². The molecule has 0 radical (unpaired) electrons. The van der Waals surface area contributed by atoms with E-state index in [0.29, 0.717) is 11.5 Å². The Balaban J connectivity index is 2.21. The van der Waals surface area contributed by atoms with Crippen molar-refractivity contribution in [2.45, 2.75) is 0 Å². The summed E-state index contributed by atoms with van der Waals surface area (Å²) in [7, 11) is 0. The monoisotopic (exact) mass is 340 g/mol. The van der Waals surface area contributed by atoms with Gasteiger partial charge in [0.25, 0.3) is 0 Å². The summed E-state index contributed by atoms with van der Waals surface area (Å²) in [5.74, 6) is 0.247. The fourth-order valence-electron chi connectivity index (χ4n) is 1.33. The zero-order valence-corrected chi connectivity index (χ0v) is 10.9. The second kappa shape index (κ2) is 5.18. The van der Waals surface area contributed by atoms with E-state index in [1.165, 1.54) is 12.1 Å². The van der Waals surface area contributed by atoms with Crippen molar-refractivity contribution < 1.29 is 14.6 Å². The molecule has 0 heterocycles. The highest BCUT2D eigenvalue weighted by Crippen LogP contribution is 2.22. The quantitative estimate of drug-likeness (QED) is 0.865. The summed E-state index contributed by atoms with van der Waals surface area (Å²) in [5.41, 5.74) is 0.216. The normalized spacial score (nSPS) is 9.94. The van der Waals surface area contributed by atoms with Gasteiger partial charge in [-0.15, -0.1) is 0 Å². The molecule has 0 amide bonds. The lowest BCUT2D eigenvalue weighted by Crippen LogP contribution is -1.96. The summed E-state index contributed by atoms with van der Waals surface area (Å²) in [4.78, 5) is 10.8. The van der Waals surface area contributed by atoms with E-state index in [2.05, 4.69) is 22.6 Å². The number of aromatic carboxylic acids is 1. The maximum Gasteiger partial charge on any atom is 0.335 e. The van der Waals surface area contributed by atoms with Crippen LogP contribution in [0.1, 0.15) is 10.4 Å². The van der Waals surface area contributed by atoms with E-state index in [-0.39, 0.29) is 5.56 Å². The van der Waals surface area contributed by atoms with Crippen molar-refractivity contribution in [1.29, 1.82) is 0 Å². The fraction of sp³-hybridized carbons (Fsp3) is 0. The van der Waals surface area contributed by atoms with Crippen LogP contribution >= 0.6 is 22.6 Å². The Kier molecular flexibility index (Phi) is 3.63. The van der Waals surface area contributed by atoms with Crippen molar-refractivity contribution in [3.05, 3.63) is 57.7 Å². The maximum atomic E-state index is 10.8. The summed E-state index contributed by atoms with van der Waals surface area (Å²) < 4.78 is 6.68. The number of benzene rings is 2. The smallest absolute Gasteiger partial charge is 0.335 e. The molecule has 0 aromatic heterocycles. The van der Waals surface area contributed by atoms with Crippen molar-refractivity contribution >= 4 is 28.6 Å². The molecule has 17 heavy (non-hydrogen) atoms. The lowest BCUT2D eigenvalue weighted by Gasteiger charge is -2.06. The van der Waals surface area contributed by atoms with Gasteiger partial charge in [-0.3, -0.25) is 0 Å². The Hall–Kier alpha value is -1.56. The van der Waals surface area contributed by atoms with Gasteiger partial charge in [-0.1, -0.05) is 6.07 Å². The molecule has 86 valence electrons. The summed E-state index contributed by atoms with van der Waals surface area (Å²) >= 11 is 2.21. The Morgan fingerprint density at radius 1 is 1.06 bits per heavy atom. The zero-order chi connectivity index (χ0) is 12.3. The number of halogens is 1. The number of ether oxygens (including phenoxy) is 1. The lowest BCUT2D eigenvalue weighted by atomic mass is 10.2. The molecule has 0 saturated carbocycles. The van der Waals surface area contributed by atoms with Gasteiger partial charge < -0.3 is 9.84 Å². The third kappa shape index (κ3) is 3.20. The molecule has 2 aromatic rings. The van der Waals surface area contributed by atoms with Crippen LogP contribution in [0.15, 0.2) is 48.5 Å². The molecule has 3 nitrogen and oxygen atoms in total. The molecular weight excluding hydrogens is 331 g/mol. The first-order valence-electron chi connectivity index (χ1n) is 4.92. The predicted octanol–water partition coefficient (Wildman–Crippen LogP) is 3.78. The third-order valence-corrected chi connectivity index (χ3v) is 2.85. The van der Waals surface area contributed by atoms with E-state index in [9.17, 15) is 4.79 Å². The van der Waals surface area contributed by atoms with E-state index in [1.807, 2.05) is 24.3 Å².